The molecule has 0 aliphatic rings. The van der Waals surface area contributed by atoms with Crippen molar-refractivity contribution in [3.05, 3.63) is 77.3 Å². The van der Waals surface area contributed by atoms with E-state index in [2.05, 4.69) is 20.3 Å². The van der Waals surface area contributed by atoms with Crippen LogP contribution >= 0.6 is 11.6 Å². The molecule has 4 rings (SSSR count). The van der Waals surface area contributed by atoms with Gasteiger partial charge in [0, 0.05) is 29.7 Å². The monoisotopic (exact) mass is 408 g/mol. The first-order chi connectivity index (χ1) is 14.1. The molecule has 0 saturated carbocycles. The number of hydrogen-bond acceptors (Lipinski definition) is 3. The average molecular weight is 409 g/mol. The van der Waals surface area contributed by atoms with Gasteiger partial charge in [-0.3, -0.25) is 9.78 Å². The van der Waals surface area contributed by atoms with Crippen molar-refractivity contribution in [2.45, 2.75) is 19.3 Å². The minimum absolute atomic E-state index is 0.134. The molecule has 146 valence electrons. The second kappa shape index (κ2) is 8.41. The number of benzene rings is 1. The molecule has 2 N–H and O–H groups in total. The third-order valence-electron chi connectivity index (χ3n) is 4.61. The molecule has 5 nitrogen and oxygen atoms in total. The van der Waals surface area contributed by atoms with Crippen molar-refractivity contribution in [2.75, 3.05) is 5.32 Å². The Morgan fingerprint density at radius 2 is 2.03 bits per heavy atom. The van der Waals surface area contributed by atoms with Crippen LogP contribution < -0.4 is 5.32 Å². The van der Waals surface area contributed by atoms with E-state index in [-0.39, 0.29) is 11.7 Å². The van der Waals surface area contributed by atoms with Gasteiger partial charge in [-0.25, -0.2) is 9.37 Å². The summed E-state index contributed by atoms with van der Waals surface area (Å²) >= 11 is 5.80. The zero-order chi connectivity index (χ0) is 20.2. The molecule has 0 fully saturated rings. The number of fused-ring (bicyclic) bond motifs is 1. The van der Waals surface area contributed by atoms with Crippen LogP contribution in [0.4, 0.5) is 10.2 Å². The van der Waals surface area contributed by atoms with Gasteiger partial charge >= 0.3 is 0 Å². The van der Waals surface area contributed by atoms with Crippen LogP contribution in [0.1, 0.15) is 18.4 Å². The third kappa shape index (κ3) is 4.43. The number of anilines is 1. The van der Waals surface area contributed by atoms with Crippen LogP contribution in [-0.4, -0.2) is 20.9 Å². The number of amides is 1. The second-order valence-electron chi connectivity index (χ2n) is 6.65. The lowest BCUT2D eigenvalue weighted by Gasteiger charge is -2.06. The zero-order valence-corrected chi connectivity index (χ0v) is 16.2. The molecule has 0 saturated heterocycles. The molecule has 1 aromatic carbocycles. The Morgan fingerprint density at radius 3 is 2.79 bits per heavy atom. The van der Waals surface area contributed by atoms with Crippen molar-refractivity contribution in [3.63, 3.8) is 0 Å². The first-order valence-electron chi connectivity index (χ1n) is 9.23. The molecule has 0 spiro atoms. The van der Waals surface area contributed by atoms with Gasteiger partial charge in [0.1, 0.15) is 11.6 Å². The molecule has 3 heterocycles. The molecule has 4 aromatic rings. The molecule has 0 radical (unpaired) electrons. The van der Waals surface area contributed by atoms with Gasteiger partial charge in [0.15, 0.2) is 0 Å². The Morgan fingerprint density at radius 1 is 1.14 bits per heavy atom. The number of carbonyl (C=O) groups excluding carboxylic acids is 1. The lowest BCUT2D eigenvalue weighted by Crippen LogP contribution is -2.12. The van der Waals surface area contributed by atoms with Gasteiger partial charge in [-0.15, -0.1) is 0 Å². The Labute approximate surface area is 172 Å². The highest BCUT2D eigenvalue weighted by molar-refractivity contribution is 6.30. The SMILES string of the molecule is O=C(CCCc1c(-c2ccccn2)[nH]c2ccc(F)cc12)Nc1ccc(Cl)cn1. The van der Waals surface area contributed by atoms with Gasteiger partial charge < -0.3 is 10.3 Å². The van der Waals surface area contributed by atoms with E-state index in [0.29, 0.717) is 30.1 Å². The Hall–Kier alpha value is -3.25. The normalized spacial score (nSPS) is 11.0. The summed E-state index contributed by atoms with van der Waals surface area (Å²) in [5.41, 5.74) is 3.44. The van der Waals surface area contributed by atoms with Gasteiger partial charge in [-0.05, 0) is 60.9 Å². The lowest BCUT2D eigenvalue weighted by atomic mass is 10.0. The number of rotatable bonds is 6. The minimum Gasteiger partial charge on any atom is -0.353 e. The fourth-order valence-corrected chi connectivity index (χ4v) is 3.40. The van der Waals surface area contributed by atoms with Crippen LogP contribution in [0, 0.1) is 5.82 Å². The summed E-state index contributed by atoms with van der Waals surface area (Å²) in [4.78, 5) is 24.0. The summed E-state index contributed by atoms with van der Waals surface area (Å²) < 4.78 is 13.8. The molecular weight excluding hydrogens is 391 g/mol. The standard InChI is InChI=1S/C22H18ClFN4O/c23-14-7-10-20(26-13-14)28-21(29)6-3-4-16-17-12-15(24)8-9-18(17)27-22(16)19-5-1-2-11-25-19/h1-2,5,7-13,27H,3-4,6H2,(H,26,28,29). The fourth-order valence-electron chi connectivity index (χ4n) is 3.29. The van der Waals surface area contributed by atoms with Crippen LogP contribution in [0.15, 0.2) is 60.9 Å². The summed E-state index contributed by atoms with van der Waals surface area (Å²) in [6.07, 6.45) is 4.72. The number of aromatic amines is 1. The summed E-state index contributed by atoms with van der Waals surface area (Å²) in [5, 5.41) is 4.07. The van der Waals surface area contributed by atoms with E-state index >= 15 is 0 Å². The smallest absolute Gasteiger partial charge is 0.225 e. The largest absolute Gasteiger partial charge is 0.353 e. The van der Waals surface area contributed by atoms with E-state index < -0.39 is 0 Å². The number of nitrogens with zero attached hydrogens (tertiary/aromatic N) is 2. The molecule has 0 aliphatic heterocycles. The van der Waals surface area contributed by atoms with Gasteiger partial charge in [-0.2, -0.15) is 0 Å². The number of halogens is 2. The van der Waals surface area contributed by atoms with Crippen LogP contribution in [0.25, 0.3) is 22.3 Å². The van der Waals surface area contributed by atoms with Crippen LogP contribution in [0.3, 0.4) is 0 Å². The summed E-state index contributed by atoms with van der Waals surface area (Å²) in [5.74, 6) is 0.0323. The summed E-state index contributed by atoms with van der Waals surface area (Å²) in [6, 6.07) is 13.7. The van der Waals surface area contributed by atoms with Gasteiger partial charge in [-0.1, -0.05) is 17.7 Å². The minimum atomic E-state index is -0.295. The topological polar surface area (TPSA) is 70.7 Å². The van der Waals surface area contributed by atoms with Gasteiger partial charge in [0.05, 0.1) is 16.4 Å². The lowest BCUT2D eigenvalue weighted by molar-refractivity contribution is -0.116. The van der Waals surface area contributed by atoms with E-state index in [1.54, 1.807) is 24.4 Å². The predicted octanol–water partition coefficient (Wildman–Crippen LogP) is 5.38. The van der Waals surface area contributed by atoms with Crippen LogP contribution in [0.5, 0.6) is 0 Å². The number of H-pyrrole nitrogens is 1. The zero-order valence-electron chi connectivity index (χ0n) is 15.5. The molecule has 3 aromatic heterocycles. The maximum atomic E-state index is 13.8. The predicted molar refractivity (Wildman–Crippen MR) is 112 cm³/mol. The number of aryl methyl sites for hydroxylation is 1. The first-order valence-corrected chi connectivity index (χ1v) is 9.61. The number of pyridine rings is 2. The van der Waals surface area contributed by atoms with Crippen molar-refractivity contribution in [3.8, 4) is 11.4 Å². The highest BCUT2D eigenvalue weighted by atomic mass is 35.5. The van der Waals surface area contributed by atoms with Gasteiger partial charge in [0.2, 0.25) is 5.91 Å². The van der Waals surface area contributed by atoms with E-state index in [1.165, 1.54) is 18.3 Å². The number of nitrogens with one attached hydrogen (secondary N) is 2. The molecule has 0 aliphatic carbocycles. The molecule has 1 amide bonds. The molecule has 7 heteroatoms. The first kappa shape index (κ1) is 19.1. The third-order valence-corrected chi connectivity index (χ3v) is 4.84. The summed E-state index contributed by atoms with van der Waals surface area (Å²) in [7, 11) is 0. The highest BCUT2D eigenvalue weighted by Crippen LogP contribution is 2.31. The average Bonchev–Trinajstić information content (AvgIpc) is 3.08. The van der Waals surface area contributed by atoms with E-state index in [1.807, 2.05) is 18.2 Å². The Balaban J connectivity index is 1.51. The van der Waals surface area contributed by atoms with E-state index in [9.17, 15) is 9.18 Å². The molecule has 0 unspecified atom stereocenters. The van der Waals surface area contributed by atoms with Crippen molar-refractivity contribution in [2.24, 2.45) is 0 Å². The fraction of sp³-hybridized carbons (Fsp3) is 0.136. The van der Waals surface area contributed by atoms with Crippen LogP contribution in [0.2, 0.25) is 5.02 Å². The quantitative estimate of drug-likeness (QED) is 0.450. The molecule has 0 atom stereocenters. The van der Waals surface area contributed by atoms with Crippen LogP contribution in [-0.2, 0) is 11.2 Å². The van der Waals surface area contributed by atoms with Crippen molar-refractivity contribution in [1.82, 2.24) is 15.0 Å². The van der Waals surface area contributed by atoms with Crippen molar-refractivity contribution in [1.29, 1.82) is 0 Å². The number of hydrogen-bond donors (Lipinski definition) is 2. The van der Waals surface area contributed by atoms with E-state index in [0.717, 1.165) is 27.9 Å². The van der Waals surface area contributed by atoms with Crippen molar-refractivity contribution >= 4 is 34.2 Å². The number of carbonyl (C=O) groups is 1. The van der Waals surface area contributed by atoms with Gasteiger partial charge in [0.25, 0.3) is 0 Å². The van der Waals surface area contributed by atoms with Crippen molar-refractivity contribution < 1.29 is 9.18 Å². The molecule has 0 bridgehead atoms. The number of aromatic nitrogens is 3. The van der Waals surface area contributed by atoms with E-state index in [4.69, 9.17) is 11.6 Å². The maximum Gasteiger partial charge on any atom is 0.225 e. The highest BCUT2D eigenvalue weighted by Gasteiger charge is 2.15. The molecular formula is C22H18ClFN4O. The Kier molecular flexibility index (Phi) is 5.53. The second-order valence-corrected chi connectivity index (χ2v) is 7.08. The maximum absolute atomic E-state index is 13.8. The molecule has 29 heavy (non-hydrogen) atoms. The summed E-state index contributed by atoms with van der Waals surface area (Å²) in [6.45, 7) is 0. The Bertz CT molecular complexity index is 1140.